The zero-order valence-electron chi connectivity index (χ0n) is 12.3. The fraction of sp³-hybridized carbons (Fsp3) is 0.333. The first kappa shape index (κ1) is 15.2. The third-order valence-corrected chi connectivity index (χ3v) is 3.16. The Kier molecular flexibility index (Phi) is 5.08. The molecule has 2 aromatic rings. The standard InChI is InChI=1S/C15H20N4O2/c1-3-13-17-14(19-16)10(2)15(18-13)21-12-7-5-4-6-11(12)8-9-20/h4-7,20H,3,8-9,16H2,1-2H3,(H,17,18,19). The Hall–Kier alpha value is -2.18. The predicted octanol–water partition coefficient (Wildman–Crippen LogP) is 1.96. The summed E-state index contributed by atoms with van der Waals surface area (Å²) in [6.45, 7) is 3.88. The number of anilines is 1. The van der Waals surface area contributed by atoms with Crippen LogP contribution in [0.1, 0.15) is 23.9 Å². The van der Waals surface area contributed by atoms with Gasteiger partial charge < -0.3 is 15.3 Å². The lowest BCUT2D eigenvalue weighted by Crippen LogP contribution is -2.13. The number of ether oxygens (including phenoxy) is 1. The van der Waals surface area contributed by atoms with Gasteiger partial charge in [-0.3, -0.25) is 0 Å². The molecule has 0 aliphatic carbocycles. The fourth-order valence-electron chi connectivity index (χ4n) is 1.97. The zero-order valence-corrected chi connectivity index (χ0v) is 12.3. The maximum absolute atomic E-state index is 9.12. The molecular formula is C15H20N4O2. The summed E-state index contributed by atoms with van der Waals surface area (Å²) < 4.78 is 5.92. The lowest BCUT2D eigenvalue weighted by atomic mass is 10.1. The van der Waals surface area contributed by atoms with Crippen molar-refractivity contribution in [2.24, 2.45) is 5.84 Å². The minimum absolute atomic E-state index is 0.0684. The number of aromatic nitrogens is 2. The van der Waals surface area contributed by atoms with Gasteiger partial charge in [-0.1, -0.05) is 25.1 Å². The summed E-state index contributed by atoms with van der Waals surface area (Å²) in [5.41, 5.74) is 4.24. The van der Waals surface area contributed by atoms with Gasteiger partial charge in [0.25, 0.3) is 0 Å². The van der Waals surface area contributed by atoms with Crippen LogP contribution in [-0.2, 0) is 12.8 Å². The summed E-state index contributed by atoms with van der Waals surface area (Å²) in [6.07, 6.45) is 1.21. The molecule has 0 unspecified atom stereocenters. The molecule has 21 heavy (non-hydrogen) atoms. The molecule has 0 fully saturated rings. The van der Waals surface area contributed by atoms with Crippen molar-refractivity contribution in [1.82, 2.24) is 9.97 Å². The molecule has 0 aliphatic rings. The molecule has 0 amide bonds. The highest BCUT2D eigenvalue weighted by Gasteiger charge is 2.13. The summed E-state index contributed by atoms with van der Waals surface area (Å²) in [4.78, 5) is 8.71. The largest absolute Gasteiger partial charge is 0.438 e. The van der Waals surface area contributed by atoms with Crippen LogP contribution in [0, 0.1) is 6.92 Å². The van der Waals surface area contributed by atoms with Gasteiger partial charge in [-0.25, -0.2) is 10.8 Å². The Balaban J connectivity index is 2.39. The van der Waals surface area contributed by atoms with Crippen molar-refractivity contribution in [3.8, 4) is 11.6 Å². The Morgan fingerprint density at radius 3 is 2.71 bits per heavy atom. The molecule has 2 rings (SSSR count). The van der Waals surface area contributed by atoms with Crippen LogP contribution < -0.4 is 16.0 Å². The smallest absolute Gasteiger partial charge is 0.227 e. The summed E-state index contributed by atoms with van der Waals surface area (Å²) in [7, 11) is 0. The van der Waals surface area contributed by atoms with E-state index in [1.54, 1.807) is 0 Å². The van der Waals surface area contributed by atoms with Crippen LogP contribution in [0.4, 0.5) is 5.82 Å². The maximum atomic E-state index is 9.12. The van der Waals surface area contributed by atoms with Gasteiger partial charge in [0, 0.05) is 13.0 Å². The van der Waals surface area contributed by atoms with Crippen molar-refractivity contribution in [2.45, 2.75) is 26.7 Å². The van der Waals surface area contributed by atoms with Gasteiger partial charge in [0.2, 0.25) is 5.88 Å². The third kappa shape index (κ3) is 3.48. The number of rotatable bonds is 6. The van der Waals surface area contributed by atoms with Gasteiger partial charge in [-0.15, -0.1) is 0 Å². The van der Waals surface area contributed by atoms with Crippen molar-refractivity contribution >= 4 is 5.82 Å². The third-order valence-electron chi connectivity index (χ3n) is 3.16. The zero-order chi connectivity index (χ0) is 15.2. The number of para-hydroxylation sites is 1. The number of aryl methyl sites for hydroxylation is 1. The number of nitrogens with one attached hydrogen (secondary N) is 1. The second kappa shape index (κ2) is 7.01. The van der Waals surface area contributed by atoms with E-state index in [0.717, 1.165) is 11.1 Å². The van der Waals surface area contributed by atoms with Gasteiger partial charge >= 0.3 is 0 Å². The van der Waals surface area contributed by atoms with E-state index >= 15 is 0 Å². The second-order valence-electron chi connectivity index (χ2n) is 4.60. The van der Waals surface area contributed by atoms with Gasteiger partial charge in [-0.05, 0) is 25.0 Å². The van der Waals surface area contributed by atoms with Crippen LogP contribution in [0.3, 0.4) is 0 Å². The van der Waals surface area contributed by atoms with Crippen molar-refractivity contribution in [3.05, 3.63) is 41.2 Å². The summed E-state index contributed by atoms with van der Waals surface area (Å²) in [6, 6.07) is 7.57. The molecule has 112 valence electrons. The first-order valence-corrected chi connectivity index (χ1v) is 6.90. The van der Waals surface area contributed by atoms with E-state index in [-0.39, 0.29) is 6.61 Å². The SMILES string of the molecule is CCc1nc(NN)c(C)c(Oc2ccccc2CCO)n1. The molecule has 0 saturated carbocycles. The second-order valence-corrected chi connectivity index (χ2v) is 4.60. The molecule has 1 heterocycles. The molecular weight excluding hydrogens is 268 g/mol. The van der Waals surface area contributed by atoms with Gasteiger partial charge in [0.05, 0.1) is 5.56 Å². The molecule has 4 N–H and O–H groups in total. The summed E-state index contributed by atoms with van der Waals surface area (Å²) in [5.74, 6) is 7.84. The molecule has 0 spiro atoms. The van der Waals surface area contributed by atoms with Gasteiger partial charge in [0.15, 0.2) is 0 Å². The summed E-state index contributed by atoms with van der Waals surface area (Å²) in [5, 5.41) is 9.12. The van der Waals surface area contributed by atoms with E-state index in [1.807, 2.05) is 38.1 Å². The number of hydrazine groups is 1. The average Bonchev–Trinajstić information content (AvgIpc) is 2.51. The Morgan fingerprint density at radius 1 is 1.29 bits per heavy atom. The van der Waals surface area contributed by atoms with Crippen LogP contribution in [0.25, 0.3) is 0 Å². The van der Waals surface area contributed by atoms with Crippen LogP contribution in [-0.4, -0.2) is 21.7 Å². The molecule has 0 aliphatic heterocycles. The van der Waals surface area contributed by atoms with Crippen LogP contribution >= 0.6 is 0 Å². The van der Waals surface area contributed by atoms with Gasteiger partial charge in [0.1, 0.15) is 17.4 Å². The quantitative estimate of drug-likeness (QED) is 0.556. The topological polar surface area (TPSA) is 93.3 Å². The molecule has 1 aromatic heterocycles. The Morgan fingerprint density at radius 2 is 2.05 bits per heavy atom. The molecule has 1 aromatic carbocycles. The Labute approximate surface area is 124 Å². The highest BCUT2D eigenvalue weighted by Crippen LogP contribution is 2.29. The predicted molar refractivity (Wildman–Crippen MR) is 81.3 cm³/mol. The van der Waals surface area contributed by atoms with Crippen molar-refractivity contribution in [1.29, 1.82) is 0 Å². The van der Waals surface area contributed by atoms with Crippen molar-refractivity contribution in [3.63, 3.8) is 0 Å². The monoisotopic (exact) mass is 288 g/mol. The number of nitrogens with two attached hydrogens (primary N) is 1. The number of hydrogen-bond acceptors (Lipinski definition) is 6. The number of hydrogen-bond donors (Lipinski definition) is 3. The van der Waals surface area contributed by atoms with Gasteiger partial charge in [-0.2, -0.15) is 4.98 Å². The van der Waals surface area contributed by atoms with Crippen LogP contribution in [0.5, 0.6) is 11.6 Å². The number of nitrogen functional groups attached to an aromatic ring is 1. The molecule has 0 bridgehead atoms. The molecule has 6 heteroatoms. The van der Waals surface area contributed by atoms with Crippen molar-refractivity contribution < 1.29 is 9.84 Å². The van der Waals surface area contributed by atoms with E-state index in [1.165, 1.54) is 0 Å². The highest BCUT2D eigenvalue weighted by molar-refractivity contribution is 5.49. The minimum Gasteiger partial charge on any atom is -0.438 e. The lowest BCUT2D eigenvalue weighted by molar-refractivity contribution is 0.297. The number of benzene rings is 1. The van der Waals surface area contributed by atoms with E-state index in [9.17, 15) is 0 Å². The maximum Gasteiger partial charge on any atom is 0.227 e. The van der Waals surface area contributed by atoms with E-state index in [4.69, 9.17) is 15.7 Å². The van der Waals surface area contributed by atoms with Crippen molar-refractivity contribution in [2.75, 3.05) is 12.0 Å². The van der Waals surface area contributed by atoms with Crippen LogP contribution in [0.15, 0.2) is 24.3 Å². The lowest BCUT2D eigenvalue weighted by Gasteiger charge is -2.14. The normalized spacial score (nSPS) is 10.5. The van der Waals surface area contributed by atoms with Crippen LogP contribution in [0.2, 0.25) is 0 Å². The first-order chi connectivity index (χ1) is 10.2. The number of aliphatic hydroxyl groups excluding tert-OH is 1. The minimum atomic E-state index is 0.0684. The fourth-order valence-corrected chi connectivity index (χ4v) is 1.97. The molecule has 6 nitrogen and oxygen atoms in total. The van der Waals surface area contributed by atoms with E-state index in [2.05, 4.69) is 15.4 Å². The molecule has 0 saturated heterocycles. The Bertz CT molecular complexity index is 617. The highest BCUT2D eigenvalue weighted by atomic mass is 16.5. The average molecular weight is 288 g/mol. The van der Waals surface area contributed by atoms with E-state index < -0.39 is 0 Å². The number of nitrogens with zero attached hydrogens (tertiary/aromatic N) is 2. The number of aliphatic hydroxyl groups is 1. The molecule has 0 atom stereocenters. The summed E-state index contributed by atoms with van der Waals surface area (Å²) >= 11 is 0. The molecule has 0 radical (unpaired) electrons. The first-order valence-electron chi connectivity index (χ1n) is 6.90. The van der Waals surface area contributed by atoms with E-state index in [0.29, 0.717) is 36.1 Å².